The first-order valence-corrected chi connectivity index (χ1v) is 8.90. The number of likely N-dealkylation sites (N-methyl/N-ethyl adjacent to an activating group) is 1. The number of anilines is 1. The highest BCUT2D eigenvalue weighted by molar-refractivity contribution is 5.89. The molecule has 0 bridgehead atoms. The molecule has 0 spiro atoms. The van der Waals surface area contributed by atoms with E-state index < -0.39 is 0 Å². The van der Waals surface area contributed by atoms with Crippen molar-refractivity contribution in [2.24, 2.45) is 0 Å². The fourth-order valence-corrected chi connectivity index (χ4v) is 3.29. The number of nitrogens with zero attached hydrogens (tertiary/aromatic N) is 2. The summed E-state index contributed by atoms with van der Waals surface area (Å²) < 4.78 is 12.9. The van der Waals surface area contributed by atoms with E-state index in [4.69, 9.17) is 0 Å². The van der Waals surface area contributed by atoms with E-state index in [0.717, 1.165) is 32.4 Å². The standard InChI is InChI=1S/C18H25FN4O2/c1-2-23(16-7-8-16)17(24)12-22-10-9-15(11-22)21-18(25)20-14-5-3-13(19)4-6-14/h3-6,15-16H,2,7-12H2,1H3,(H2,20,21,25)/t15-/m0/s1. The quantitative estimate of drug-likeness (QED) is 0.827. The summed E-state index contributed by atoms with van der Waals surface area (Å²) in [6.07, 6.45) is 3.06. The number of hydrogen-bond acceptors (Lipinski definition) is 3. The molecule has 3 rings (SSSR count). The molecule has 0 unspecified atom stereocenters. The van der Waals surface area contributed by atoms with Gasteiger partial charge in [0, 0.05) is 37.4 Å². The SMILES string of the molecule is CCN(C(=O)CN1CC[C@H](NC(=O)Nc2ccc(F)cc2)C1)C1CC1. The lowest BCUT2D eigenvalue weighted by Crippen LogP contribution is -2.43. The molecular weight excluding hydrogens is 323 g/mol. The first-order chi connectivity index (χ1) is 12.0. The maximum Gasteiger partial charge on any atom is 0.319 e. The zero-order valence-corrected chi connectivity index (χ0v) is 14.5. The largest absolute Gasteiger partial charge is 0.339 e. The average Bonchev–Trinajstić information content (AvgIpc) is 3.31. The minimum absolute atomic E-state index is 0.0178. The van der Waals surface area contributed by atoms with Crippen LogP contribution in [0.4, 0.5) is 14.9 Å². The highest BCUT2D eigenvalue weighted by Crippen LogP contribution is 2.26. The molecule has 25 heavy (non-hydrogen) atoms. The van der Waals surface area contributed by atoms with Crippen molar-refractivity contribution in [2.75, 3.05) is 31.5 Å². The van der Waals surface area contributed by atoms with Crippen LogP contribution in [0.2, 0.25) is 0 Å². The molecule has 1 heterocycles. The van der Waals surface area contributed by atoms with Crippen LogP contribution in [0.1, 0.15) is 26.2 Å². The Bertz CT molecular complexity index is 618. The van der Waals surface area contributed by atoms with Crippen LogP contribution in [0, 0.1) is 5.82 Å². The first kappa shape index (κ1) is 17.7. The Balaban J connectivity index is 1.42. The van der Waals surface area contributed by atoms with E-state index >= 15 is 0 Å². The minimum atomic E-state index is -0.339. The number of hydrogen-bond donors (Lipinski definition) is 2. The van der Waals surface area contributed by atoms with Gasteiger partial charge in [-0.25, -0.2) is 9.18 Å². The Kier molecular flexibility index (Phi) is 5.53. The third-order valence-corrected chi connectivity index (χ3v) is 4.72. The second kappa shape index (κ2) is 7.82. The lowest BCUT2D eigenvalue weighted by atomic mass is 10.3. The van der Waals surface area contributed by atoms with Gasteiger partial charge in [0.25, 0.3) is 0 Å². The highest BCUT2D eigenvalue weighted by atomic mass is 19.1. The van der Waals surface area contributed by atoms with E-state index in [1.807, 2.05) is 11.8 Å². The van der Waals surface area contributed by atoms with Crippen LogP contribution in [0.3, 0.4) is 0 Å². The van der Waals surface area contributed by atoms with Crippen LogP contribution in [0.15, 0.2) is 24.3 Å². The first-order valence-electron chi connectivity index (χ1n) is 8.90. The molecule has 1 aliphatic heterocycles. The van der Waals surface area contributed by atoms with Crippen molar-refractivity contribution in [3.63, 3.8) is 0 Å². The molecule has 1 aromatic rings. The topological polar surface area (TPSA) is 64.7 Å². The van der Waals surface area contributed by atoms with Gasteiger partial charge in [0.1, 0.15) is 5.82 Å². The Morgan fingerprint density at radius 2 is 1.96 bits per heavy atom. The van der Waals surface area contributed by atoms with Gasteiger partial charge < -0.3 is 15.5 Å². The van der Waals surface area contributed by atoms with Crippen molar-refractivity contribution >= 4 is 17.6 Å². The number of rotatable bonds is 6. The highest BCUT2D eigenvalue weighted by Gasteiger charge is 2.33. The molecule has 7 heteroatoms. The molecule has 2 N–H and O–H groups in total. The lowest BCUT2D eigenvalue weighted by Gasteiger charge is -2.24. The van der Waals surface area contributed by atoms with Gasteiger partial charge in [-0.1, -0.05) is 0 Å². The summed E-state index contributed by atoms with van der Waals surface area (Å²) >= 11 is 0. The zero-order valence-electron chi connectivity index (χ0n) is 14.5. The normalized spacial score (nSPS) is 20.3. The van der Waals surface area contributed by atoms with Gasteiger partial charge in [0.05, 0.1) is 6.54 Å². The maximum absolute atomic E-state index is 12.9. The van der Waals surface area contributed by atoms with E-state index in [0.29, 0.717) is 24.8 Å². The molecule has 1 atom stereocenters. The molecule has 1 aliphatic carbocycles. The Morgan fingerprint density at radius 1 is 1.24 bits per heavy atom. The summed E-state index contributed by atoms with van der Waals surface area (Å²) in [5.41, 5.74) is 0.548. The van der Waals surface area contributed by atoms with Gasteiger partial charge in [-0.3, -0.25) is 9.69 Å². The number of halogens is 1. The van der Waals surface area contributed by atoms with Crippen LogP contribution in [0.5, 0.6) is 0 Å². The number of likely N-dealkylation sites (tertiary alicyclic amines) is 1. The Morgan fingerprint density at radius 3 is 2.60 bits per heavy atom. The molecule has 1 saturated heterocycles. The monoisotopic (exact) mass is 348 g/mol. The van der Waals surface area contributed by atoms with Gasteiger partial charge in [0.15, 0.2) is 0 Å². The van der Waals surface area contributed by atoms with Crippen molar-refractivity contribution in [1.29, 1.82) is 0 Å². The van der Waals surface area contributed by atoms with Crippen LogP contribution in [-0.4, -0.2) is 60.0 Å². The predicted octanol–water partition coefficient (Wildman–Crippen LogP) is 2.03. The van der Waals surface area contributed by atoms with Crippen LogP contribution < -0.4 is 10.6 Å². The van der Waals surface area contributed by atoms with E-state index in [1.165, 1.54) is 24.3 Å². The van der Waals surface area contributed by atoms with Crippen molar-refractivity contribution in [3.8, 4) is 0 Å². The summed E-state index contributed by atoms with van der Waals surface area (Å²) in [6.45, 7) is 4.67. The zero-order chi connectivity index (χ0) is 17.8. The summed E-state index contributed by atoms with van der Waals surface area (Å²) in [5, 5.41) is 5.60. The molecule has 2 aliphatic rings. The van der Waals surface area contributed by atoms with Crippen LogP contribution in [0.25, 0.3) is 0 Å². The number of carbonyl (C=O) groups excluding carboxylic acids is 2. The molecule has 1 saturated carbocycles. The lowest BCUT2D eigenvalue weighted by molar-refractivity contribution is -0.132. The maximum atomic E-state index is 12.9. The number of amides is 3. The van der Waals surface area contributed by atoms with Gasteiger partial charge in [-0.15, -0.1) is 0 Å². The summed E-state index contributed by atoms with van der Waals surface area (Å²) in [6, 6.07) is 5.80. The van der Waals surface area contributed by atoms with Crippen molar-refractivity contribution < 1.29 is 14.0 Å². The van der Waals surface area contributed by atoms with E-state index in [1.54, 1.807) is 0 Å². The molecular formula is C18H25FN4O2. The molecule has 3 amide bonds. The summed E-state index contributed by atoms with van der Waals surface area (Å²) in [4.78, 5) is 28.4. The summed E-state index contributed by atoms with van der Waals surface area (Å²) in [7, 11) is 0. The van der Waals surface area contributed by atoms with E-state index in [9.17, 15) is 14.0 Å². The molecule has 0 aromatic heterocycles. The van der Waals surface area contributed by atoms with Crippen molar-refractivity contribution in [2.45, 2.75) is 38.3 Å². The average molecular weight is 348 g/mol. The van der Waals surface area contributed by atoms with Gasteiger partial charge in [-0.2, -0.15) is 0 Å². The third kappa shape index (κ3) is 4.92. The molecule has 6 nitrogen and oxygen atoms in total. The van der Waals surface area contributed by atoms with E-state index in [-0.39, 0.29) is 23.8 Å². The fraction of sp³-hybridized carbons (Fsp3) is 0.556. The number of benzene rings is 1. The number of nitrogens with one attached hydrogen (secondary N) is 2. The van der Waals surface area contributed by atoms with Crippen LogP contribution >= 0.6 is 0 Å². The third-order valence-electron chi connectivity index (χ3n) is 4.72. The molecule has 0 radical (unpaired) electrons. The van der Waals surface area contributed by atoms with Crippen molar-refractivity contribution in [3.05, 3.63) is 30.1 Å². The fourth-order valence-electron chi connectivity index (χ4n) is 3.29. The van der Waals surface area contributed by atoms with E-state index in [2.05, 4.69) is 15.5 Å². The Hall–Kier alpha value is -2.15. The smallest absolute Gasteiger partial charge is 0.319 e. The number of carbonyl (C=O) groups is 2. The molecule has 2 fully saturated rings. The summed E-state index contributed by atoms with van der Waals surface area (Å²) in [5.74, 6) is -0.157. The Labute approximate surface area is 147 Å². The van der Waals surface area contributed by atoms with Crippen molar-refractivity contribution in [1.82, 2.24) is 15.1 Å². The molecule has 136 valence electrons. The van der Waals surface area contributed by atoms with Gasteiger partial charge in [0.2, 0.25) is 5.91 Å². The second-order valence-corrected chi connectivity index (χ2v) is 6.74. The molecule has 1 aromatic carbocycles. The predicted molar refractivity (Wildman–Crippen MR) is 93.8 cm³/mol. The second-order valence-electron chi connectivity index (χ2n) is 6.74. The van der Waals surface area contributed by atoms with Gasteiger partial charge in [-0.05, 0) is 50.5 Å². The minimum Gasteiger partial charge on any atom is -0.339 e. The van der Waals surface area contributed by atoms with Gasteiger partial charge >= 0.3 is 6.03 Å². The number of urea groups is 1. The van der Waals surface area contributed by atoms with Crippen LogP contribution in [-0.2, 0) is 4.79 Å².